The van der Waals surface area contributed by atoms with Gasteiger partial charge in [0.1, 0.15) is 17.4 Å². The number of fused-ring (bicyclic) bond motifs is 1. The number of rotatable bonds is 6. The Morgan fingerprint density at radius 1 is 1.17 bits per heavy atom. The Balaban J connectivity index is 2.15. The van der Waals surface area contributed by atoms with Crippen molar-refractivity contribution in [2.75, 3.05) is 5.75 Å². The van der Waals surface area contributed by atoms with Crippen LogP contribution in [0.3, 0.4) is 0 Å². The highest BCUT2D eigenvalue weighted by Gasteiger charge is 2.19. The molecule has 124 valence electrons. The molecule has 0 saturated carbocycles. The van der Waals surface area contributed by atoms with Gasteiger partial charge in [0.25, 0.3) is 0 Å². The molecule has 0 spiro atoms. The second-order valence-corrected chi connectivity index (χ2v) is 7.69. The lowest BCUT2D eigenvalue weighted by atomic mass is 10.2. The fourth-order valence-electron chi connectivity index (χ4n) is 2.59. The van der Waals surface area contributed by atoms with E-state index in [1.807, 2.05) is 30.3 Å². The summed E-state index contributed by atoms with van der Waals surface area (Å²) in [6, 6.07) is 13.5. The molecule has 0 unspecified atom stereocenters. The highest BCUT2D eigenvalue weighted by atomic mass is 32.2. The molecule has 24 heavy (non-hydrogen) atoms. The zero-order valence-electron chi connectivity index (χ0n) is 13.0. The zero-order chi connectivity index (χ0) is 17.2. The van der Waals surface area contributed by atoms with Crippen molar-refractivity contribution in [3.8, 4) is 5.69 Å². The smallest absolute Gasteiger partial charge is 0.157 e. The summed E-state index contributed by atoms with van der Waals surface area (Å²) in [5.74, 6) is -0.193. The Morgan fingerprint density at radius 3 is 2.62 bits per heavy atom. The summed E-state index contributed by atoms with van der Waals surface area (Å²) >= 11 is 0. The van der Waals surface area contributed by atoms with E-state index < -0.39 is 9.84 Å². The maximum absolute atomic E-state index is 13.7. The Labute approximate surface area is 140 Å². The van der Waals surface area contributed by atoms with Crippen molar-refractivity contribution < 1.29 is 12.8 Å². The molecule has 0 bridgehead atoms. The van der Waals surface area contributed by atoms with E-state index in [0.717, 1.165) is 5.69 Å². The van der Waals surface area contributed by atoms with Crippen molar-refractivity contribution in [3.63, 3.8) is 0 Å². The van der Waals surface area contributed by atoms with Gasteiger partial charge >= 0.3 is 0 Å². The average Bonchev–Trinajstić information content (AvgIpc) is 2.90. The van der Waals surface area contributed by atoms with Gasteiger partial charge in [-0.15, -0.1) is 6.58 Å². The average molecular weight is 344 g/mol. The molecule has 1 heterocycles. The van der Waals surface area contributed by atoms with Crippen molar-refractivity contribution in [3.05, 3.63) is 72.8 Å². The van der Waals surface area contributed by atoms with Crippen LogP contribution in [0.25, 0.3) is 16.7 Å². The van der Waals surface area contributed by atoms with Crippen LogP contribution in [0.1, 0.15) is 12.2 Å². The Bertz CT molecular complexity index is 979. The van der Waals surface area contributed by atoms with E-state index >= 15 is 0 Å². The summed E-state index contributed by atoms with van der Waals surface area (Å²) in [7, 11) is -3.33. The van der Waals surface area contributed by atoms with E-state index in [1.54, 1.807) is 16.7 Å². The summed E-state index contributed by atoms with van der Waals surface area (Å²) < 4.78 is 40.0. The van der Waals surface area contributed by atoms with Gasteiger partial charge < -0.3 is 0 Å². The van der Waals surface area contributed by atoms with Gasteiger partial charge in [0.15, 0.2) is 9.84 Å². The molecule has 0 amide bonds. The first kappa shape index (κ1) is 16.4. The Hall–Kier alpha value is -2.47. The molecule has 0 fully saturated rings. The Morgan fingerprint density at radius 2 is 1.92 bits per heavy atom. The number of imidazole rings is 1. The van der Waals surface area contributed by atoms with Crippen LogP contribution in [0.5, 0.6) is 0 Å². The largest absolute Gasteiger partial charge is 0.295 e. The van der Waals surface area contributed by atoms with E-state index in [1.165, 1.54) is 12.1 Å². The normalized spacial score (nSPS) is 11.7. The van der Waals surface area contributed by atoms with Crippen molar-refractivity contribution in [1.29, 1.82) is 0 Å². The van der Waals surface area contributed by atoms with E-state index in [2.05, 4.69) is 11.6 Å². The molecule has 1 aromatic heterocycles. The predicted octanol–water partition coefficient (Wildman–Crippen LogP) is 3.66. The van der Waals surface area contributed by atoms with Gasteiger partial charge in [-0.1, -0.05) is 24.3 Å². The van der Waals surface area contributed by atoms with Crippen molar-refractivity contribution >= 4 is 20.9 Å². The number of para-hydroxylation sites is 1. The van der Waals surface area contributed by atoms with E-state index in [-0.39, 0.29) is 17.3 Å². The van der Waals surface area contributed by atoms with Gasteiger partial charge in [-0.05, 0) is 30.7 Å². The molecule has 0 aliphatic carbocycles. The highest BCUT2D eigenvalue weighted by Crippen LogP contribution is 2.24. The van der Waals surface area contributed by atoms with Crippen LogP contribution in [0.2, 0.25) is 0 Å². The summed E-state index contributed by atoms with van der Waals surface area (Å²) in [6.07, 6.45) is 1.97. The second kappa shape index (κ2) is 6.57. The number of hydrogen-bond acceptors (Lipinski definition) is 3. The van der Waals surface area contributed by atoms with Gasteiger partial charge in [-0.25, -0.2) is 17.8 Å². The molecular weight excluding hydrogens is 327 g/mol. The lowest BCUT2D eigenvalue weighted by Gasteiger charge is -2.09. The third-order valence-corrected chi connectivity index (χ3v) is 5.24. The fraction of sp³-hybridized carbons (Fsp3) is 0.167. The summed E-state index contributed by atoms with van der Waals surface area (Å²) in [5, 5.41) is 0. The van der Waals surface area contributed by atoms with Gasteiger partial charge in [0.05, 0.1) is 16.8 Å². The third kappa shape index (κ3) is 3.38. The maximum atomic E-state index is 13.7. The second-order valence-electron chi connectivity index (χ2n) is 5.50. The maximum Gasteiger partial charge on any atom is 0.157 e. The van der Waals surface area contributed by atoms with Crippen molar-refractivity contribution in [1.82, 2.24) is 9.55 Å². The van der Waals surface area contributed by atoms with Crippen LogP contribution >= 0.6 is 0 Å². The number of allylic oxidation sites excluding steroid dienone is 1. The first-order valence-corrected chi connectivity index (χ1v) is 9.36. The molecule has 4 nitrogen and oxygen atoms in total. The quantitative estimate of drug-likeness (QED) is 0.641. The molecule has 3 rings (SSSR count). The molecule has 0 aliphatic rings. The van der Waals surface area contributed by atoms with Crippen LogP contribution in [0.4, 0.5) is 4.39 Å². The topological polar surface area (TPSA) is 52.0 Å². The number of halogens is 1. The molecule has 3 aromatic rings. The molecule has 0 N–H and O–H groups in total. The molecule has 0 atom stereocenters. The number of benzene rings is 2. The minimum Gasteiger partial charge on any atom is -0.295 e. The number of nitrogens with zero attached hydrogens (tertiary/aromatic N) is 2. The minimum absolute atomic E-state index is 0.0167. The molecule has 2 aromatic carbocycles. The highest BCUT2D eigenvalue weighted by molar-refractivity contribution is 7.90. The summed E-state index contributed by atoms with van der Waals surface area (Å²) in [5.41, 5.74) is 1.86. The first-order chi connectivity index (χ1) is 11.5. The van der Waals surface area contributed by atoms with Gasteiger partial charge in [0, 0.05) is 11.8 Å². The molecule has 0 saturated heterocycles. The summed E-state index contributed by atoms with van der Waals surface area (Å²) in [4.78, 5) is 4.41. The van der Waals surface area contributed by atoms with E-state index in [0.29, 0.717) is 23.3 Å². The monoisotopic (exact) mass is 344 g/mol. The van der Waals surface area contributed by atoms with Gasteiger partial charge in [0.2, 0.25) is 0 Å². The van der Waals surface area contributed by atoms with Gasteiger partial charge in [-0.3, -0.25) is 4.57 Å². The van der Waals surface area contributed by atoms with Crippen LogP contribution in [-0.4, -0.2) is 23.7 Å². The number of hydrogen-bond donors (Lipinski definition) is 0. The number of aromatic nitrogens is 2. The standard InChI is InChI=1S/C18H17FN2O2S/c1-2-3-11-24(22,23)13-18-20-16-10-9-14(19)12-17(16)21(18)15-7-5-4-6-8-15/h2,4-10,12H,1,3,11,13H2. The van der Waals surface area contributed by atoms with E-state index in [9.17, 15) is 12.8 Å². The summed E-state index contributed by atoms with van der Waals surface area (Å²) in [6.45, 7) is 3.55. The lowest BCUT2D eigenvalue weighted by molar-refractivity contribution is 0.593. The first-order valence-electron chi connectivity index (χ1n) is 7.54. The predicted molar refractivity (Wildman–Crippen MR) is 93.3 cm³/mol. The molecule has 0 radical (unpaired) electrons. The van der Waals surface area contributed by atoms with Crippen LogP contribution < -0.4 is 0 Å². The van der Waals surface area contributed by atoms with Crippen LogP contribution in [-0.2, 0) is 15.6 Å². The molecule has 0 aliphatic heterocycles. The minimum atomic E-state index is -3.33. The van der Waals surface area contributed by atoms with Crippen LogP contribution in [0, 0.1) is 5.82 Å². The lowest BCUT2D eigenvalue weighted by Crippen LogP contribution is -2.13. The molecule has 6 heteroatoms. The molecular formula is C18H17FN2O2S. The SMILES string of the molecule is C=CCCS(=O)(=O)Cc1nc2ccc(F)cc2n1-c1ccccc1. The number of sulfone groups is 1. The fourth-order valence-corrected chi connectivity index (χ4v) is 3.85. The Kier molecular flexibility index (Phi) is 4.49. The van der Waals surface area contributed by atoms with Crippen molar-refractivity contribution in [2.24, 2.45) is 0 Å². The van der Waals surface area contributed by atoms with Crippen LogP contribution in [0.15, 0.2) is 61.2 Å². The van der Waals surface area contributed by atoms with Crippen molar-refractivity contribution in [2.45, 2.75) is 12.2 Å². The zero-order valence-corrected chi connectivity index (χ0v) is 13.8. The van der Waals surface area contributed by atoms with E-state index in [4.69, 9.17) is 0 Å². The van der Waals surface area contributed by atoms with Gasteiger partial charge in [-0.2, -0.15) is 0 Å². The third-order valence-electron chi connectivity index (χ3n) is 3.68.